The molecule has 3 aromatic rings. The summed E-state index contributed by atoms with van der Waals surface area (Å²) in [6.07, 6.45) is 0. The fourth-order valence-corrected chi connectivity index (χ4v) is 4.42. The number of nitrogens with zero attached hydrogens (tertiary/aromatic N) is 2. The maximum absolute atomic E-state index is 13.1. The Morgan fingerprint density at radius 2 is 1.87 bits per heavy atom. The predicted molar refractivity (Wildman–Crippen MR) is 114 cm³/mol. The van der Waals surface area contributed by atoms with Gasteiger partial charge in [0.15, 0.2) is 0 Å². The summed E-state index contributed by atoms with van der Waals surface area (Å²) in [5, 5.41) is 4.24. The molecule has 158 valence electrons. The van der Waals surface area contributed by atoms with Gasteiger partial charge in [-0.3, -0.25) is 4.79 Å². The normalized spacial score (nSPS) is 11.4. The Bertz CT molecular complexity index is 1200. The first-order valence-corrected chi connectivity index (χ1v) is 11.3. The molecule has 7 nitrogen and oxygen atoms in total. The number of nitrogens with one attached hydrogen (secondary N) is 1. The molecule has 3 rings (SSSR count). The molecule has 1 N–H and O–H groups in total. The number of halogens is 2. The van der Waals surface area contributed by atoms with Gasteiger partial charge in [-0.25, -0.2) is 22.2 Å². The molecule has 0 radical (unpaired) electrons. The van der Waals surface area contributed by atoms with Crippen molar-refractivity contribution in [2.75, 3.05) is 13.2 Å². The van der Waals surface area contributed by atoms with Crippen LogP contribution in [0.4, 0.5) is 4.39 Å². The SMILES string of the molecule is CCOc1ccc(Br)cc1S(=O)(=O)NCCn1nc(-c2ccc(F)cc2)ccc1=O. The minimum Gasteiger partial charge on any atom is -0.492 e. The zero-order chi connectivity index (χ0) is 21.7. The maximum atomic E-state index is 13.1. The van der Waals surface area contributed by atoms with Gasteiger partial charge < -0.3 is 4.74 Å². The van der Waals surface area contributed by atoms with Crippen molar-refractivity contribution in [3.05, 3.63) is 75.2 Å². The maximum Gasteiger partial charge on any atom is 0.266 e. The second-order valence-electron chi connectivity index (χ2n) is 6.21. The molecule has 1 heterocycles. The fourth-order valence-electron chi connectivity index (χ4n) is 2.71. The third kappa shape index (κ3) is 5.32. The molecule has 1 aromatic heterocycles. The number of hydrogen-bond donors (Lipinski definition) is 1. The van der Waals surface area contributed by atoms with Gasteiger partial charge in [0, 0.05) is 22.6 Å². The Kier molecular flexibility index (Phi) is 7.01. The molecule has 2 aromatic carbocycles. The standard InChI is InChI=1S/C20H19BrFN3O4S/c1-2-29-18-9-5-15(21)13-19(18)30(27,28)23-11-12-25-20(26)10-8-17(24-25)14-3-6-16(22)7-4-14/h3-10,13,23H,2,11-12H2,1H3. The molecule has 0 fully saturated rings. The molecule has 10 heteroatoms. The molecule has 0 spiro atoms. The van der Waals surface area contributed by atoms with E-state index in [1.54, 1.807) is 31.2 Å². The van der Waals surface area contributed by atoms with Crippen molar-refractivity contribution in [1.29, 1.82) is 0 Å². The Hall–Kier alpha value is -2.56. The molecule has 0 atom stereocenters. The van der Waals surface area contributed by atoms with Crippen molar-refractivity contribution in [2.24, 2.45) is 0 Å². The van der Waals surface area contributed by atoms with E-state index in [1.165, 1.54) is 30.3 Å². The molecule has 0 unspecified atom stereocenters. The lowest BCUT2D eigenvalue weighted by molar-refractivity contribution is 0.331. The molecule has 0 saturated heterocycles. The van der Waals surface area contributed by atoms with Crippen LogP contribution in [0.2, 0.25) is 0 Å². The van der Waals surface area contributed by atoms with E-state index < -0.39 is 10.0 Å². The van der Waals surface area contributed by atoms with E-state index in [0.29, 0.717) is 22.3 Å². The van der Waals surface area contributed by atoms with Gasteiger partial charge in [-0.05, 0) is 55.5 Å². The van der Waals surface area contributed by atoms with E-state index in [9.17, 15) is 17.6 Å². The molecule has 0 amide bonds. The van der Waals surface area contributed by atoms with Gasteiger partial charge in [-0.1, -0.05) is 15.9 Å². The van der Waals surface area contributed by atoms with Crippen molar-refractivity contribution >= 4 is 26.0 Å². The van der Waals surface area contributed by atoms with Crippen LogP contribution in [0.1, 0.15) is 6.92 Å². The first-order chi connectivity index (χ1) is 14.3. The monoisotopic (exact) mass is 495 g/mol. The zero-order valence-corrected chi connectivity index (χ0v) is 18.4. The van der Waals surface area contributed by atoms with Gasteiger partial charge in [0.2, 0.25) is 10.0 Å². The molecule has 0 saturated carbocycles. The largest absolute Gasteiger partial charge is 0.492 e. The summed E-state index contributed by atoms with van der Waals surface area (Å²) < 4.78 is 48.2. The molecule has 0 aliphatic rings. The Morgan fingerprint density at radius 3 is 2.57 bits per heavy atom. The van der Waals surface area contributed by atoms with Crippen LogP contribution in [0.25, 0.3) is 11.3 Å². The van der Waals surface area contributed by atoms with Gasteiger partial charge in [-0.2, -0.15) is 5.10 Å². The van der Waals surface area contributed by atoms with Crippen LogP contribution in [0.5, 0.6) is 5.75 Å². The zero-order valence-electron chi connectivity index (χ0n) is 16.0. The van der Waals surface area contributed by atoms with E-state index in [0.717, 1.165) is 4.68 Å². The third-order valence-electron chi connectivity index (χ3n) is 4.12. The smallest absolute Gasteiger partial charge is 0.266 e. The highest BCUT2D eigenvalue weighted by Crippen LogP contribution is 2.27. The number of rotatable bonds is 8. The van der Waals surface area contributed by atoms with E-state index in [1.807, 2.05) is 0 Å². The number of hydrogen-bond acceptors (Lipinski definition) is 5. The van der Waals surface area contributed by atoms with E-state index in [-0.39, 0.29) is 35.1 Å². The van der Waals surface area contributed by atoms with Crippen LogP contribution in [-0.4, -0.2) is 31.3 Å². The van der Waals surface area contributed by atoms with E-state index in [2.05, 4.69) is 25.8 Å². The minimum atomic E-state index is -3.88. The highest BCUT2D eigenvalue weighted by atomic mass is 79.9. The number of sulfonamides is 1. The van der Waals surface area contributed by atoms with Crippen LogP contribution in [0.3, 0.4) is 0 Å². The van der Waals surface area contributed by atoms with Gasteiger partial charge in [0.25, 0.3) is 5.56 Å². The number of benzene rings is 2. The molecular formula is C20H19BrFN3O4S. The highest BCUT2D eigenvalue weighted by Gasteiger charge is 2.20. The average Bonchev–Trinajstić information content (AvgIpc) is 2.71. The van der Waals surface area contributed by atoms with Crippen LogP contribution in [-0.2, 0) is 16.6 Å². The number of aromatic nitrogens is 2. The quantitative estimate of drug-likeness (QED) is 0.518. The molecule has 0 aliphatic heterocycles. The second-order valence-corrected chi connectivity index (χ2v) is 8.86. The fraction of sp³-hybridized carbons (Fsp3) is 0.200. The Balaban J connectivity index is 1.76. The van der Waals surface area contributed by atoms with Crippen LogP contribution in [0, 0.1) is 5.82 Å². The first-order valence-electron chi connectivity index (χ1n) is 9.06. The molecule has 0 aliphatic carbocycles. The lowest BCUT2D eigenvalue weighted by Crippen LogP contribution is -2.32. The lowest BCUT2D eigenvalue weighted by atomic mass is 10.1. The van der Waals surface area contributed by atoms with Crippen molar-refractivity contribution in [3.8, 4) is 17.0 Å². The topological polar surface area (TPSA) is 90.3 Å². The molecule has 0 bridgehead atoms. The lowest BCUT2D eigenvalue weighted by Gasteiger charge is -2.13. The minimum absolute atomic E-state index is 0.000839. The number of ether oxygens (including phenoxy) is 1. The first kappa shape index (κ1) is 22.1. The van der Waals surface area contributed by atoms with E-state index in [4.69, 9.17) is 4.74 Å². The van der Waals surface area contributed by atoms with Crippen molar-refractivity contribution in [3.63, 3.8) is 0 Å². The second kappa shape index (κ2) is 9.50. The van der Waals surface area contributed by atoms with Crippen LogP contribution in [0.15, 0.2) is 68.8 Å². The Morgan fingerprint density at radius 1 is 1.13 bits per heavy atom. The molecular weight excluding hydrogens is 477 g/mol. The summed E-state index contributed by atoms with van der Waals surface area (Å²) in [7, 11) is -3.88. The average molecular weight is 496 g/mol. The summed E-state index contributed by atoms with van der Waals surface area (Å²) in [6, 6.07) is 13.3. The third-order valence-corrected chi connectivity index (χ3v) is 6.09. The van der Waals surface area contributed by atoms with Gasteiger partial charge >= 0.3 is 0 Å². The molecule has 30 heavy (non-hydrogen) atoms. The predicted octanol–water partition coefficient (Wildman–Crippen LogP) is 3.19. The van der Waals surface area contributed by atoms with Crippen LogP contribution >= 0.6 is 15.9 Å². The van der Waals surface area contributed by atoms with Crippen LogP contribution < -0.4 is 15.0 Å². The van der Waals surface area contributed by atoms with Crippen molar-refractivity contribution in [2.45, 2.75) is 18.4 Å². The highest BCUT2D eigenvalue weighted by molar-refractivity contribution is 9.10. The summed E-state index contributed by atoms with van der Waals surface area (Å²) in [6.45, 7) is 2.04. The van der Waals surface area contributed by atoms with E-state index >= 15 is 0 Å². The van der Waals surface area contributed by atoms with Gasteiger partial charge in [-0.15, -0.1) is 0 Å². The summed E-state index contributed by atoms with van der Waals surface area (Å²) >= 11 is 3.26. The van der Waals surface area contributed by atoms with Crippen molar-refractivity contribution in [1.82, 2.24) is 14.5 Å². The van der Waals surface area contributed by atoms with Gasteiger partial charge in [0.1, 0.15) is 16.5 Å². The Labute approximate surface area is 181 Å². The summed E-state index contributed by atoms with van der Waals surface area (Å²) in [5.74, 6) is -0.137. The summed E-state index contributed by atoms with van der Waals surface area (Å²) in [5.41, 5.74) is 0.738. The van der Waals surface area contributed by atoms with Crippen molar-refractivity contribution < 1.29 is 17.5 Å². The summed E-state index contributed by atoms with van der Waals surface area (Å²) in [4.78, 5) is 12.1. The van der Waals surface area contributed by atoms with Gasteiger partial charge in [0.05, 0.1) is 18.8 Å².